The standard InChI is InChI=1S/C14H11F2N3O2/c15-11-5-4-9(7-12(11)16)19-14(21)13(20)18-8-10-3-1-2-6-17-10/h1-7H,8H2,(H,18,20)(H,19,21). The second-order valence-corrected chi connectivity index (χ2v) is 4.09. The van der Waals surface area contributed by atoms with E-state index in [2.05, 4.69) is 15.6 Å². The number of hydrogen-bond acceptors (Lipinski definition) is 3. The van der Waals surface area contributed by atoms with E-state index in [9.17, 15) is 18.4 Å². The minimum Gasteiger partial charge on any atom is -0.342 e. The number of anilines is 1. The average molecular weight is 291 g/mol. The average Bonchev–Trinajstić information content (AvgIpc) is 2.49. The molecular formula is C14H11F2N3O2. The maximum atomic E-state index is 13.0. The van der Waals surface area contributed by atoms with Crippen molar-refractivity contribution in [2.75, 3.05) is 5.32 Å². The van der Waals surface area contributed by atoms with Crippen LogP contribution in [0.5, 0.6) is 0 Å². The summed E-state index contributed by atoms with van der Waals surface area (Å²) in [6.07, 6.45) is 1.56. The number of nitrogens with one attached hydrogen (secondary N) is 2. The monoisotopic (exact) mass is 291 g/mol. The lowest BCUT2D eigenvalue weighted by molar-refractivity contribution is -0.136. The molecule has 7 heteroatoms. The van der Waals surface area contributed by atoms with Crippen molar-refractivity contribution in [2.45, 2.75) is 6.54 Å². The SMILES string of the molecule is O=C(NCc1ccccn1)C(=O)Nc1ccc(F)c(F)c1. The Labute approximate surface area is 119 Å². The molecule has 0 saturated heterocycles. The Kier molecular flexibility index (Phi) is 4.55. The minimum absolute atomic E-state index is 0.00751. The summed E-state index contributed by atoms with van der Waals surface area (Å²) in [5.41, 5.74) is 0.582. The van der Waals surface area contributed by atoms with Crippen molar-refractivity contribution in [2.24, 2.45) is 0 Å². The summed E-state index contributed by atoms with van der Waals surface area (Å²) in [7, 11) is 0. The molecule has 0 aliphatic carbocycles. The summed E-state index contributed by atoms with van der Waals surface area (Å²) in [5, 5.41) is 4.53. The van der Waals surface area contributed by atoms with Crippen molar-refractivity contribution in [1.29, 1.82) is 0 Å². The third kappa shape index (κ3) is 4.07. The highest BCUT2D eigenvalue weighted by Crippen LogP contribution is 2.12. The Morgan fingerprint density at radius 3 is 2.52 bits per heavy atom. The lowest BCUT2D eigenvalue weighted by atomic mass is 10.3. The minimum atomic E-state index is -1.11. The first-order valence-corrected chi connectivity index (χ1v) is 6.00. The lowest BCUT2D eigenvalue weighted by Crippen LogP contribution is -2.35. The zero-order chi connectivity index (χ0) is 15.2. The van der Waals surface area contributed by atoms with Gasteiger partial charge in [0.15, 0.2) is 11.6 Å². The third-order valence-electron chi connectivity index (χ3n) is 2.54. The fourth-order valence-electron chi connectivity index (χ4n) is 1.52. The summed E-state index contributed by atoms with van der Waals surface area (Å²) in [4.78, 5) is 27.1. The fraction of sp³-hybridized carbons (Fsp3) is 0.0714. The highest BCUT2D eigenvalue weighted by Gasteiger charge is 2.14. The number of benzene rings is 1. The van der Waals surface area contributed by atoms with E-state index in [0.717, 1.165) is 18.2 Å². The van der Waals surface area contributed by atoms with Crippen LogP contribution in [0.4, 0.5) is 14.5 Å². The molecule has 21 heavy (non-hydrogen) atoms. The molecule has 0 unspecified atom stereocenters. The topological polar surface area (TPSA) is 71.1 Å². The van der Waals surface area contributed by atoms with Gasteiger partial charge in [0.1, 0.15) is 0 Å². The van der Waals surface area contributed by atoms with Crippen LogP contribution >= 0.6 is 0 Å². The van der Waals surface area contributed by atoms with E-state index >= 15 is 0 Å². The van der Waals surface area contributed by atoms with E-state index in [1.165, 1.54) is 0 Å². The summed E-state index contributed by atoms with van der Waals surface area (Å²) < 4.78 is 25.7. The summed E-state index contributed by atoms with van der Waals surface area (Å²) in [6, 6.07) is 7.96. The predicted molar refractivity (Wildman–Crippen MR) is 71.1 cm³/mol. The third-order valence-corrected chi connectivity index (χ3v) is 2.54. The van der Waals surface area contributed by atoms with Crippen molar-refractivity contribution in [3.8, 4) is 0 Å². The normalized spacial score (nSPS) is 10.0. The Morgan fingerprint density at radius 1 is 1.05 bits per heavy atom. The molecule has 2 rings (SSSR count). The van der Waals surface area contributed by atoms with E-state index in [0.29, 0.717) is 5.69 Å². The molecule has 1 aromatic carbocycles. The number of aromatic nitrogens is 1. The predicted octanol–water partition coefficient (Wildman–Crippen LogP) is 1.61. The van der Waals surface area contributed by atoms with Gasteiger partial charge in [0.05, 0.1) is 12.2 Å². The Balaban J connectivity index is 1.90. The largest absolute Gasteiger partial charge is 0.342 e. The zero-order valence-electron chi connectivity index (χ0n) is 10.8. The van der Waals surface area contributed by atoms with Crippen molar-refractivity contribution in [3.05, 3.63) is 59.9 Å². The van der Waals surface area contributed by atoms with Crippen molar-refractivity contribution < 1.29 is 18.4 Å². The van der Waals surface area contributed by atoms with E-state index in [-0.39, 0.29) is 12.2 Å². The number of carbonyl (C=O) groups is 2. The van der Waals surface area contributed by atoms with Crippen LogP contribution in [0.3, 0.4) is 0 Å². The molecule has 2 amide bonds. The number of rotatable bonds is 3. The van der Waals surface area contributed by atoms with Gasteiger partial charge in [-0.25, -0.2) is 8.78 Å². The summed E-state index contributed by atoms with van der Waals surface area (Å²) >= 11 is 0. The molecule has 0 spiro atoms. The molecule has 2 aromatic rings. The van der Waals surface area contributed by atoms with E-state index in [1.807, 2.05) is 0 Å². The molecule has 0 bridgehead atoms. The van der Waals surface area contributed by atoms with Crippen LogP contribution in [0.2, 0.25) is 0 Å². The number of carbonyl (C=O) groups excluding carboxylic acids is 2. The van der Waals surface area contributed by atoms with Gasteiger partial charge in [-0.2, -0.15) is 0 Å². The number of pyridine rings is 1. The molecule has 0 atom stereocenters. The Hall–Kier alpha value is -2.83. The maximum Gasteiger partial charge on any atom is 0.313 e. The van der Waals surface area contributed by atoms with Gasteiger partial charge in [-0.1, -0.05) is 6.07 Å². The van der Waals surface area contributed by atoms with Crippen LogP contribution in [0.15, 0.2) is 42.6 Å². The van der Waals surface area contributed by atoms with E-state index in [4.69, 9.17) is 0 Å². The molecule has 0 saturated carbocycles. The van der Waals surface area contributed by atoms with Gasteiger partial charge in [-0.15, -0.1) is 0 Å². The van der Waals surface area contributed by atoms with Gasteiger partial charge in [0.25, 0.3) is 0 Å². The van der Waals surface area contributed by atoms with Gasteiger partial charge >= 0.3 is 11.8 Å². The van der Waals surface area contributed by atoms with Gasteiger partial charge in [0.2, 0.25) is 0 Å². The summed E-state index contributed by atoms with van der Waals surface area (Å²) in [5.74, 6) is -4.02. The van der Waals surface area contributed by atoms with Gasteiger partial charge < -0.3 is 10.6 Å². The molecule has 0 aliphatic rings. The van der Waals surface area contributed by atoms with Crippen molar-refractivity contribution in [1.82, 2.24) is 10.3 Å². The van der Waals surface area contributed by atoms with Gasteiger partial charge in [-0.05, 0) is 24.3 Å². The van der Waals surface area contributed by atoms with E-state index < -0.39 is 23.4 Å². The van der Waals surface area contributed by atoms with Crippen LogP contribution in [-0.4, -0.2) is 16.8 Å². The van der Waals surface area contributed by atoms with Crippen LogP contribution in [0.25, 0.3) is 0 Å². The molecule has 2 N–H and O–H groups in total. The quantitative estimate of drug-likeness (QED) is 0.844. The van der Waals surface area contributed by atoms with Crippen LogP contribution in [-0.2, 0) is 16.1 Å². The molecular weight excluding hydrogens is 280 g/mol. The second-order valence-electron chi connectivity index (χ2n) is 4.09. The van der Waals surface area contributed by atoms with Gasteiger partial charge in [0, 0.05) is 18.0 Å². The summed E-state index contributed by atoms with van der Waals surface area (Å²) in [6.45, 7) is 0.0882. The Bertz CT molecular complexity index is 663. The smallest absolute Gasteiger partial charge is 0.313 e. The highest BCUT2D eigenvalue weighted by molar-refractivity contribution is 6.39. The number of halogens is 2. The molecule has 1 heterocycles. The van der Waals surface area contributed by atoms with Crippen molar-refractivity contribution >= 4 is 17.5 Å². The molecule has 5 nitrogen and oxygen atoms in total. The van der Waals surface area contributed by atoms with Crippen molar-refractivity contribution in [3.63, 3.8) is 0 Å². The second kappa shape index (κ2) is 6.56. The molecule has 0 aliphatic heterocycles. The highest BCUT2D eigenvalue weighted by atomic mass is 19.2. The fourth-order valence-corrected chi connectivity index (χ4v) is 1.52. The zero-order valence-corrected chi connectivity index (χ0v) is 10.8. The van der Waals surface area contributed by atoms with Crippen LogP contribution < -0.4 is 10.6 Å². The maximum absolute atomic E-state index is 13.0. The molecule has 0 fully saturated rings. The molecule has 108 valence electrons. The lowest BCUT2D eigenvalue weighted by Gasteiger charge is -2.06. The van der Waals surface area contributed by atoms with E-state index in [1.54, 1.807) is 24.4 Å². The van der Waals surface area contributed by atoms with Gasteiger partial charge in [-0.3, -0.25) is 14.6 Å². The molecule has 1 aromatic heterocycles. The first-order chi connectivity index (χ1) is 10.1. The van der Waals surface area contributed by atoms with Crippen LogP contribution in [0.1, 0.15) is 5.69 Å². The number of nitrogens with zero attached hydrogens (tertiary/aromatic N) is 1. The van der Waals surface area contributed by atoms with Crippen LogP contribution in [0, 0.1) is 11.6 Å². The first kappa shape index (κ1) is 14.6. The number of hydrogen-bond donors (Lipinski definition) is 2. The number of amides is 2. The Morgan fingerprint density at radius 2 is 1.86 bits per heavy atom. The molecule has 0 radical (unpaired) electrons. The first-order valence-electron chi connectivity index (χ1n) is 6.00.